The zero-order chi connectivity index (χ0) is 9.73. The van der Waals surface area contributed by atoms with E-state index in [1.165, 1.54) is 12.8 Å². The molecule has 0 aliphatic heterocycles. The van der Waals surface area contributed by atoms with Crippen LogP contribution in [0.3, 0.4) is 0 Å². The molecule has 2 nitrogen and oxygen atoms in total. The van der Waals surface area contributed by atoms with Crippen molar-refractivity contribution < 1.29 is 9.90 Å². The maximum Gasteiger partial charge on any atom is 0.309 e. The van der Waals surface area contributed by atoms with Gasteiger partial charge in [-0.05, 0) is 19.3 Å². The monoisotopic (exact) mass is 182 g/mol. The van der Waals surface area contributed by atoms with E-state index in [4.69, 9.17) is 0 Å². The topological polar surface area (TPSA) is 37.3 Å². The predicted octanol–water partition coefficient (Wildman–Crippen LogP) is 2.99. The van der Waals surface area contributed by atoms with Crippen LogP contribution in [0.5, 0.6) is 0 Å². The van der Waals surface area contributed by atoms with Crippen molar-refractivity contribution in [3.8, 4) is 0 Å². The standard InChI is InChI=1S/C11H18O2/c1-2-7-11(10(12)13)8-5-3-4-6-9-11/h2H,1,3-9H2,(H,12,13). The van der Waals surface area contributed by atoms with Crippen molar-refractivity contribution in [1.82, 2.24) is 0 Å². The molecule has 0 aromatic carbocycles. The summed E-state index contributed by atoms with van der Waals surface area (Å²) >= 11 is 0. The number of hydrogen-bond donors (Lipinski definition) is 1. The second-order valence-corrected chi connectivity index (χ2v) is 3.99. The van der Waals surface area contributed by atoms with Gasteiger partial charge in [0.2, 0.25) is 0 Å². The Morgan fingerprint density at radius 1 is 1.31 bits per heavy atom. The Labute approximate surface area is 79.6 Å². The minimum absolute atomic E-state index is 0.488. The van der Waals surface area contributed by atoms with E-state index in [2.05, 4.69) is 6.58 Å². The molecule has 1 N–H and O–H groups in total. The third-order valence-electron chi connectivity index (χ3n) is 3.05. The molecule has 13 heavy (non-hydrogen) atoms. The van der Waals surface area contributed by atoms with Gasteiger partial charge < -0.3 is 5.11 Å². The molecule has 0 aromatic heterocycles. The largest absolute Gasteiger partial charge is 0.481 e. The molecule has 1 aliphatic rings. The van der Waals surface area contributed by atoms with Crippen LogP contribution in [0.15, 0.2) is 12.7 Å². The summed E-state index contributed by atoms with van der Waals surface area (Å²) < 4.78 is 0. The van der Waals surface area contributed by atoms with Crippen molar-refractivity contribution in [3.63, 3.8) is 0 Å². The summed E-state index contributed by atoms with van der Waals surface area (Å²) in [6, 6.07) is 0. The molecule has 1 fully saturated rings. The Kier molecular flexibility index (Phi) is 3.52. The molecule has 0 spiro atoms. The van der Waals surface area contributed by atoms with Crippen molar-refractivity contribution >= 4 is 5.97 Å². The number of carboxylic acid groups (broad SMARTS) is 1. The van der Waals surface area contributed by atoms with E-state index in [0.717, 1.165) is 25.7 Å². The van der Waals surface area contributed by atoms with Crippen molar-refractivity contribution in [2.45, 2.75) is 44.9 Å². The Morgan fingerprint density at radius 3 is 2.23 bits per heavy atom. The van der Waals surface area contributed by atoms with Gasteiger partial charge in [-0.25, -0.2) is 0 Å². The Bertz CT molecular complexity index is 188. The first-order chi connectivity index (χ1) is 6.21. The first kappa shape index (κ1) is 10.3. The smallest absolute Gasteiger partial charge is 0.309 e. The average molecular weight is 182 g/mol. The molecular weight excluding hydrogens is 164 g/mol. The highest BCUT2D eigenvalue weighted by Crippen LogP contribution is 2.38. The molecule has 0 saturated heterocycles. The predicted molar refractivity (Wildman–Crippen MR) is 52.6 cm³/mol. The summed E-state index contributed by atoms with van der Waals surface area (Å²) in [5, 5.41) is 9.20. The average Bonchev–Trinajstić information content (AvgIpc) is 2.31. The molecule has 0 amide bonds. The van der Waals surface area contributed by atoms with Gasteiger partial charge in [0, 0.05) is 0 Å². The van der Waals surface area contributed by atoms with Gasteiger partial charge in [0.1, 0.15) is 0 Å². The molecule has 0 aromatic rings. The number of rotatable bonds is 3. The molecule has 0 radical (unpaired) electrons. The molecule has 0 unspecified atom stereocenters. The molecule has 1 rings (SSSR count). The highest BCUT2D eigenvalue weighted by molar-refractivity contribution is 5.74. The van der Waals surface area contributed by atoms with Gasteiger partial charge in [0.15, 0.2) is 0 Å². The van der Waals surface area contributed by atoms with E-state index >= 15 is 0 Å². The van der Waals surface area contributed by atoms with E-state index in [1.807, 2.05) is 0 Å². The molecule has 0 bridgehead atoms. The molecule has 0 atom stereocenters. The summed E-state index contributed by atoms with van der Waals surface area (Å²) in [5.74, 6) is -0.630. The zero-order valence-electron chi connectivity index (χ0n) is 8.09. The lowest BCUT2D eigenvalue weighted by Crippen LogP contribution is -2.29. The first-order valence-corrected chi connectivity index (χ1v) is 5.05. The Balaban J connectivity index is 2.73. The fourth-order valence-electron chi connectivity index (χ4n) is 2.19. The highest BCUT2D eigenvalue weighted by atomic mass is 16.4. The third kappa shape index (κ3) is 2.33. The molecule has 1 saturated carbocycles. The SMILES string of the molecule is C=CCC1(C(=O)O)CCCCCC1. The van der Waals surface area contributed by atoms with Crippen LogP contribution in [0.4, 0.5) is 0 Å². The quantitative estimate of drug-likeness (QED) is 0.538. The van der Waals surface area contributed by atoms with Crippen LogP contribution < -0.4 is 0 Å². The van der Waals surface area contributed by atoms with Gasteiger partial charge in [0.05, 0.1) is 5.41 Å². The lowest BCUT2D eigenvalue weighted by Gasteiger charge is -2.26. The van der Waals surface area contributed by atoms with Crippen LogP contribution in [0, 0.1) is 5.41 Å². The van der Waals surface area contributed by atoms with E-state index in [-0.39, 0.29) is 0 Å². The number of allylic oxidation sites excluding steroid dienone is 1. The Morgan fingerprint density at radius 2 is 1.85 bits per heavy atom. The lowest BCUT2D eigenvalue weighted by atomic mass is 9.77. The van der Waals surface area contributed by atoms with Crippen LogP contribution in [0.25, 0.3) is 0 Å². The summed E-state index contributed by atoms with van der Waals surface area (Å²) in [6.45, 7) is 3.65. The number of aliphatic carboxylic acids is 1. The van der Waals surface area contributed by atoms with Gasteiger partial charge in [-0.2, -0.15) is 0 Å². The molecule has 1 aliphatic carbocycles. The fourth-order valence-corrected chi connectivity index (χ4v) is 2.19. The van der Waals surface area contributed by atoms with Crippen molar-refractivity contribution in [2.24, 2.45) is 5.41 Å². The molecule has 74 valence electrons. The van der Waals surface area contributed by atoms with Gasteiger partial charge in [0.25, 0.3) is 0 Å². The number of carboxylic acids is 1. The van der Waals surface area contributed by atoms with E-state index in [9.17, 15) is 9.90 Å². The van der Waals surface area contributed by atoms with E-state index in [1.54, 1.807) is 6.08 Å². The van der Waals surface area contributed by atoms with Gasteiger partial charge in [-0.1, -0.05) is 31.8 Å². The normalized spacial score (nSPS) is 21.8. The second kappa shape index (κ2) is 4.45. The van der Waals surface area contributed by atoms with Gasteiger partial charge in [-0.3, -0.25) is 4.79 Å². The van der Waals surface area contributed by atoms with Crippen molar-refractivity contribution in [1.29, 1.82) is 0 Å². The molecular formula is C11H18O2. The summed E-state index contributed by atoms with van der Waals surface area (Å²) in [5.41, 5.74) is -0.488. The summed E-state index contributed by atoms with van der Waals surface area (Å²) in [7, 11) is 0. The lowest BCUT2D eigenvalue weighted by molar-refractivity contribution is -0.149. The molecule has 2 heteroatoms. The summed E-state index contributed by atoms with van der Waals surface area (Å²) in [6.07, 6.45) is 8.52. The van der Waals surface area contributed by atoms with Crippen LogP contribution in [-0.4, -0.2) is 11.1 Å². The van der Waals surface area contributed by atoms with Crippen LogP contribution in [0.1, 0.15) is 44.9 Å². The van der Waals surface area contributed by atoms with E-state index < -0.39 is 11.4 Å². The van der Waals surface area contributed by atoms with Gasteiger partial charge >= 0.3 is 5.97 Å². The highest BCUT2D eigenvalue weighted by Gasteiger charge is 2.36. The number of carbonyl (C=O) groups is 1. The second-order valence-electron chi connectivity index (χ2n) is 3.99. The maximum absolute atomic E-state index is 11.2. The van der Waals surface area contributed by atoms with Crippen LogP contribution >= 0.6 is 0 Å². The van der Waals surface area contributed by atoms with E-state index in [0.29, 0.717) is 6.42 Å². The fraction of sp³-hybridized carbons (Fsp3) is 0.727. The van der Waals surface area contributed by atoms with Gasteiger partial charge in [-0.15, -0.1) is 6.58 Å². The van der Waals surface area contributed by atoms with Crippen molar-refractivity contribution in [2.75, 3.05) is 0 Å². The first-order valence-electron chi connectivity index (χ1n) is 5.05. The minimum atomic E-state index is -0.630. The van der Waals surface area contributed by atoms with Crippen LogP contribution in [0.2, 0.25) is 0 Å². The zero-order valence-corrected chi connectivity index (χ0v) is 8.09. The minimum Gasteiger partial charge on any atom is -0.481 e. The Hall–Kier alpha value is -0.790. The number of hydrogen-bond acceptors (Lipinski definition) is 1. The van der Waals surface area contributed by atoms with Crippen molar-refractivity contribution in [3.05, 3.63) is 12.7 Å². The maximum atomic E-state index is 11.2. The van der Waals surface area contributed by atoms with Crippen LogP contribution in [-0.2, 0) is 4.79 Å². The summed E-state index contributed by atoms with van der Waals surface area (Å²) in [4.78, 5) is 11.2. The molecule has 0 heterocycles. The third-order valence-corrected chi connectivity index (χ3v) is 3.05.